The lowest BCUT2D eigenvalue weighted by molar-refractivity contribution is 0.0825. The fourth-order valence-electron chi connectivity index (χ4n) is 3.95. The molecule has 2 aliphatic carbocycles. The van der Waals surface area contributed by atoms with Crippen molar-refractivity contribution >= 4 is 57.5 Å². The van der Waals surface area contributed by atoms with Gasteiger partial charge in [0.25, 0.3) is 11.8 Å². The first-order valence-electron chi connectivity index (χ1n) is 9.66. The van der Waals surface area contributed by atoms with Crippen molar-refractivity contribution in [3.05, 3.63) is 35.4 Å². The summed E-state index contributed by atoms with van der Waals surface area (Å²) in [5.41, 5.74) is 1.33. The van der Waals surface area contributed by atoms with Crippen LogP contribution in [0.1, 0.15) is 84.9 Å². The van der Waals surface area contributed by atoms with E-state index in [0.717, 1.165) is 25.7 Å². The molecule has 0 radical (unpaired) electrons. The molecular formula is C20H26I2N2O2. The molecular weight excluding hydrogens is 554 g/mol. The van der Waals surface area contributed by atoms with Crippen molar-refractivity contribution in [2.24, 2.45) is 0 Å². The molecule has 0 bridgehead atoms. The minimum Gasteiger partial charge on any atom is -0.278 e. The van der Waals surface area contributed by atoms with Gasteiger partial charge in [0.15, 0.2) is 0 Å². The third-order valence-electron chi connectivity index (χ3n) is 5.56. The topological polar surface area (TPSA) is 40.6 Å². The van der Waals surface area contributed by atoms with Gasteiger partial charge in [0.2, 0.25) is 0 Å². The molecule has 0 aliphatic heterocycles. The Morgan fingerprint density at radius 1 is 0.654 bits per heavy atom. The maximum atomic E-state index is 12.7. The molecule has 4 nitrogen and oxygen atoms in total. The number of rotatable bonds is 4. The monoisotopic (exact) mass is 580 g/mol. The fourth-order valence-corrected chi connectivity index (χ4v) is 5.62. The maximum Gasteiger partial charge on any atom is 0.262 e. The molecule has 2 saturated carbocycles. The van der Waals surface area contributed by atoms with E-state index in [4.69, 9.17) is 0 Å². The van der Waals surface area contributed by atoms with E-state index in [9.17, 15) is 9.59 Å². The number of carbonyl (C=O) groups excluding carboxylic acids is 2. The molecule has 0 saturated heterocycles. The van der Waals surface area contributed by atoms with Gasteiger partial charge in [-0.15, -0.1) is 0 Å². The summed E-state index contributed by atoms with van der Waals surface area (Å²) in [6, 6.07) is 7.89. The van der Waals surface area contributed by atoms with Crippen molar-refractivity contribution in [2.75, 3.05) is 0 Å². The van der Waals surface area contributed by atoms with E-state index < -0.39 is 0 Å². The molecule has 2 amide bonds. The average Bonchev–Trinajstić information content (AvgIpc) is 2.73. The SMILES string of the molecule is O=C(c1ccc(C(=O)N(I)C2CCCCC2)cc1)N(I)C1CCCCC1. The van der Waals surface area contributed by atoms with E-state index in [-0.39, 0.29) is 11.8 Å². The summed E-state index contributed by atoms with van der Waals surface area (Å²) in [6.07, 6.45) is 11.8. The third kappa shape index (κ3) is 4.91. The third-order valence-corrected chi connectivity index (χ3v) is 8.01. The number of carbonyl (C=O) groups is 2. The van der Waals surface area contributed by atoms with Gasteiger partial charge in [-0.3, -0.25) is 15.8 Å². The second-order valence-electron chi connectivity index (χ2n) is 7.39. The predicted octanol–water partition coefficient (Wildman–Crippen LogP) is 5.94. The number of nitrogens with zero attached hydrogens (tertiary/aromatic N) is 2. The Labute approximate surface area is 184 Å². The summed E-state index contributed by atoms with van der Waals surface area (Å²) >= 11 is 4.32. The lowest BCUT2D eigenvalue weighted by Crippen LogP contribution is -2.34. The van der Waals surface area contributed by atoms with Crippen LogP contribution in [0.3, 0.4) is 0 Å². The van der Waals surface area contributed by atoms with Crippen LogP contribution in [0, 0.1) is 0 Å². The number of hydrogen-bond acceptors (Lipinski definition) is 2. The molecule has 0 atom stereocenters. The van der Waals surface area contributed by atoms with Gasteiger partial charge in [0.05, 0.1) is 45.7 Å². The summed E-state index contributed by atoms with van der Waals surface area (Å²) in [4.78, 5) is 25.5. The molecule has 0 spiro atoms. The Balaban J connectivity index is 1.63. The van der Waals surface area contributed by atoms with Gasteiger partial charge in [-0.05, 0) is 49.9 Å². The summed E-state index contributed by atoms with van der Waals surface area (Å²) < 4.78 is 3.72. The molecule has 26 heavy (non-hydrogen) atoms. The van der Waals surface area contributed by atoms with Crippen molar-refractivity contribution in [3.63, 3.8) is 0 Å². The van der Waals surface area contributed by atoms with Crippen LogP contribution >= 0.6 is 45.7 Å². The van der Waals surface area contributed by atoms with Crippen LogP contribution in [0.5, 0.6) is 0 Å². The first-order valence-corrected chi connectivity index (χ1v) is 11.6. The standard InChI is InChI=1S/C20H26I2N2O2/c21-23(17-7-3-1-4-8-17)19(25)15-11-13-16(14-12-15)20(26)24(22)18-9-5-2-6-10-18/h11-14,17-18H,1-10H2. The van der Waals surface area contributed by atoms with Gasteiger partial charge < -0.3 is 0 Å². The van der Waals surface area contributed by atoms with Gasteiger partial charge in [0, 0.05) is 23.2 Å². The quantitative estimate of drug-likeness (QED) is 0.327. The molecule has 3 rings (SSSR count). The summed E-state index contributed by atoms with van der Waals surface area (Å²) in [5, 5.41) is 0. The van der Waals surface area contributed by atoms with Gasteiger partial charge in [0.1, 0.15) is 0 Å². The Kier molecular flexibility index (Phi) is 7.60. The number of amides is 2. The Morgan fingerprint density at radius 3 is 1.27 bits per heavy atom. The second-order valence-corrected chi connectivity index (χ2v) is 9.47. The van der Waals surface area contributed by atoms with E-state index in [1.165, 1.54) is 38.5 Å². The molecule has 1 aromatic carbocycles. The highest BCUT2D eigenvalue weighted by Crippen LogP contribution is 2.28. The van der Waals surface area contributed by atoms with Crippen molar-refractivity contribution in [2.45, 2.75) is 76.3 Å². The largest absolute Gasteiger partial charge is 0.278 e. The first kappa shape index (κ1) is 20.4. The van der Waals surface area contributed by atoms with Crippen LogP contribution in [-0.2, 0) is 0 Å². The van der Waals surface area contributed by atoms with Gasteiger partial charge in [-0.25, -0.2) is 0 Å². The van der Waals surface area contributed by atoms with E-state index >= 15 is 0 Å². The van der Waals surface area contributed by atoms with E-state index in [1.54, 1.807) is 24.3 Å². The lowest BCUT2D eigenvalue weighted by atomic mass is 9.95. The fraction of sp³-hybridized carbons (Fsp3) is 0.600. The zero-order valence-corrected chi connectivity index (χ0v) is 19.3. The first-order chi connectivity index (χ1) is 12.6. The Morgan fingerprint density at radius 2 is 0.962 bits per heavy atom. The number of halogens is 2. The number of benzene rings is 1. The van der Waals surface area contributed by atoms with E-state index in [0.29, 0.717) is 23.2 Å². The highest BCUT2D eigenvalue weighted by molar-refractivity contribution is 14.1. The zero-order chi connectivity index (χ0) is 18.5. The zero-order valence-electron chi connectivity index (χ0n) is 15.0. The van der Waals surface area contributed by atoms with Crippen molar-refractivity contribution in [1.29, 1.82) is 0 Å². The molecule has 6 heteroatoms. The molecule has 2 fully saturated rings. The lowest BCUT2D eigenvalue weighted by Gasteiger charge is -2.30. The Hall–Kier alpha value is -0.380. The average molecular weight is 580 g/mol. The number of hydrogen-bond donors (Lipinski definition) is 0. The molecule has 2 aliphatic rings. The second kappa shape index (κ2) is 9.71. The van der Waals surface area contributed by atoms with Crippen LogP contribution in [0.2, 0.25) is 0 Å². The molecule has 0 heterocycles. The Bertz CT molecular complexity index is 568. The van der Waals surface area contributed by atoms with Crippen molar-refractivity contribution < 1.29 is 9.59 Å². The van der Waals surface area contributed by atoms with Gasteiger partial charge >= 0.3 is 0 Å². The van der Waals surface area contributed by atoms with E-state index in [2.05, 4.69) is 45.7 Å². The molecule has 1 aromatic rings. The minimum atomic E-state index is 0.0510. The smallest absolute Gasteiger partial charge is 0.262 e. The normalized spacial score (nSPS) is 19.2. The summed E-state index contributed by atoms with van der Waals surface area (Å²) in [5.74, 6) is 0.102. The molecule has 142 valence electrons. The van der Waals surface area contributed by atoms with E-state index in [1.807, 2.05) is 6.23 Å². The van der Waals surface area contributed by atoms with Crippen LogP contribution in [0.15, 0.2) is 24.3 Å². The summed E-state index contributed by atoms with van der Waals surface area (Å²) in [7, 11) is 0. The van der Waals surface area contributed by atoms with Gasteiger partial charge in [-0.1, -0.05) is 38.5 Å². The van der Waals surface area contributed by atoms with Gasteiger partial charge in [-0.2, -0.15) is 0 Å². The van der Waals surface area contributed by atoms with Crippen LogP contribution in [0.25, 0.3) is 0 Å². The maximum absolute atomic E-state index is 12.7. The van der Waals surface area contributed by atoms with Crippen LogP contribution in [0.4, 0.5) is 0 Å². The highest BCUT2D eigenvalue weighted by atomic mass is 127. The predicted molar refractivity (Wildman–Crippen MR) is 121 cm³/mol. The van der Waals surface area contributed by atoms with Crippen molar-refractivity contribution in [3.8, 4) is 0 Å². The molecule has 0 unspecified atom stereocenters. The molecule has 0 N–H and O–H groups in total. The van der Waals surface area contributed by atoms with Crippen molar-refractivity contribution in [1.82, 2.24) is 6.23 Å². The summed E-state index contributed by atoms with van der Waals surface area (Å²) in [6.45, 7) is 0. The highest BCUT2D eigenvalue weighted by Gasteiger charge is 2.26. The van der Waals surface area contributed by atoms with Crippen LogP contribution < -0.4 is 0 Å². The minimum absolute atomic E-state index is 0.0510. The van der Waals surface area contributed by atoms with Crippen LogP contribution in [-0.4, -0.2) is 30.1 Å². The molecule has 0 aromatic heterocycles.